The SMILES string of the molecule is O=C(O)CCC/C=C\C[C@H]1[C@H](N2CCOCC2)[C@@H](O)C[C@H]1OCc1ccccc1C1CCCCC1. The summed E-state index contributed by atoms with van der Waals surface area (Å²) in [5.41, 5.74) is 2.75. The maximum absolute atomic E-state index is 11.1. The molecule has 3 fully saturated rings. The number of nitrogens with zero attached hydrogens (tertiary/aromatic N) is 1. The number of hydrogen-bond donors (Lipinski definition) is 2. The third kappa shape index (κ3) is 7.39. The van der Waals surface area contributed by atoms with Crippen LogP contribution < -0.4 is 0 Å². The van der Waals surface area contributed by atoms with Crippen molar-refractivity contribution < 1.29 is 24.5 Å². The fourth-order valence-electron chi connectivity index (χ4n) is 6.35. The molecule has 0 aromatic heterocycles. The Kier molecular flexibility index (Phi) is 10.2. The van der Waals surface area contributed by atoms with Crippen LogP contribution in [0.1, 0.15) is 81.3 Å². The van der Waals surface area contributed by atoms with Gasteiger partial charge in [-0.15, -0.1) is 0 Å². The fourth-order valence-corrected chi connectivity index (χ4v) is 6.35. The zero-order valence-corrected chi connectivity index (χ0v) is 21.0. The van der Waals surface area contributed by atoms with Crippen molar-refractivity contribution in [2.45, 2.75) is 95.0 Å². The third-order valence-electron chi connectivity index (χ3n) is 8.14. The first kappa shape index (κ1) is 26.3. The molecule has 1 aliphatic heterocycles. The van der Waals surface area contributed by atoms with Crippen LogP contribution in [-0.2, 0) is 20.9 Å². The van der Waals surface area contributed by atoms with Gasteiger partial charge in [0.15, 0.2) is 0 Å². The number of allylic oxidation sites excluding steroid dienone is 2. The Hall–Kier alpha value is -1.73. The highest BCUT2D eigenvalue weighted by molar-refractivity contribution is 5.66. The van der Waals surface area contributed by atoms with Gasteiger partial charge in [-0.25, -0.2) is 0 Å². The number of carboxylic acids is 1. The highest BCUT2D eigenvalue weighted by atomic mass is 16.5. The lowest BCUT2D eigenvalue weighted by Gasteiger charge is -2.37. The number of carbonyl (C=O) groups is 1. The fraction of sp³-hybridized carbons (Fsp3) is 0.690. The van der Waals surface area contributed by atoms with Crippen molar-refractivity contribution in [2.24, 2.45) is 5.92 Å². The van der Waals surface area contributed by atoms with Gasteiger partial charge in [-0.2, -0.15) is 0 Å². The quantitative estimate of drug-likeness (QED) is 0.343. The zero-order chi connectivity index (χ0) is 24.5. The smallest absolute Gasteiger partial charge is 0.303 e. The van der Waals surface area contributed by atoms with Crippen molar-refractivity contribution in [2.75, 3.05) is 26.3 Å². The Bertz CT molecular complexity index is 815. The van der Waals surface area contributed by atoms with Crippen molar-refractivity contribution >= 4 is 5.97 Å². The molecule has 4 rings (SSSR count). The molecule has 3 aliphatic rings. The predicted octanol–water partition coefficient (Wildman–Crippen LogP) is 4.90. The molecule has 0 radical (unpaired) electrons. The number of aliphatic hydroxyl groups is 1. The monoisotopic (exact) mass is 485 g/mol. The molecule has 2 N–H and O–H groups in total. The van der Waals surface area contributed by atoms with E-state index in [4.69, 9.17) is 14.6 Å². The number of carboxylic acid groups (broad SMARTS) is 1. The molecular formula is C29H43NO5. The summed E-state index contributed by atoms with van der Waals surface area (Å²) in [4.78, 5) is 13.2. The van der Waals surface area contributed by atoms with Crippen molar-refractivity contribution in [3.63, 3.8) is 0 Å². The van der Waals surface area contributed by atoms with Crippen LogP contribution in [-0.4, -0.2) is 65.6 Å². The summed E-state index contributed by atoms with van der Waals surface area (Å²) in [5.74, 6) is 0.107. The minimum atomic E-state index is -0.744. The molecule has 0 amide bonds. The number of morpholine rings is 1. The van der Waals surface area contributed by atoms with Crippen LogP contribution in [0.25, 0.3) is 0 Å². The van der Waals surface area contributed by atoms with Gasteiger partial charge < -0.3 is 19.7 Å². The summed E-state index contributed by atoms with van der Waals surface area (Å²) in [6.45, 7) is 3.71. The molecule has 2 aliphatic carbocycles. The Balaban J connectivity index is 1.42. The molecule has 1 aromatic carbocycles. The predicted molar refractivity (Wildman–Crippen MR) is 136 cm³/mol. The second-order valence-electron chi connectivity index (χ2n) is 10.5. The molecule has 0 unspecified atom stereocenters. The summed E-state index contributed by atoms with van der Waals surface area (Å²) in [6.07, 6.45) is 13.5. The maximum Gasteiger partial charge on any atom is 0.303 e. The minimum absolute atomic E-state index is 0.000858. The zero-order valence-electron chi connectivity index (χ0n) is 21.0. The Morgan fingerprint density at radius 2 is 1.89 bits per heavy atom. The van der Waals surface area contributed by atoms with E-state index in [0.29, 0.717) is 38.6 Å². The van der Waals surface area contributed by atoms with E-state index in [2.05, 4.69) is 41.3 Å². The van der Waals surface area contributed by atoms with Gasteiger partial charge in [0.25, 0.3) is 0 Å². The molecule has 0 bridgehead atoms. The molecule has 6 heteroatoms. The summed E-state index contributed by atoms with van der Waals surface area (Å²) < 4.78 is 12.2. The van der Waals surface area contributed by atoms with E-state index in [0.717, 1.165) is 25.9 Å². The van der Waals surface area contributed by atoms with Crippen molar-refractivity contribution in [1.29, 1.82) is 0 Å². The number of unbranched alkanes of at least 4 members (excludes halogenated alkanes) is 1. The van der Waals surface area contributed by atoms with Gasteiger partial charge in [-0.1, -0.05) is 55.7 Å². The first-order chi connectivity index (χ1) is 17.1. The Morgan fingerprint density at radius 3 is 2.66 bits per heavy atom. The van der Waals surface area contributed by atoms with Crippen LogP contribution >= 0.6 is 0 Å². The number of hydrogen-bond acceptors (Lipinski definition) is 5. The average Bonchev–Trinajstić information content (AvgIpc) is 3.20. The Morgan fingerprint density at radius 1 is 1.11 bits per heavy atom. The lowest BCUT2D eigenvalue weighted by Crippen LogP contribution is -2.50. The van der Waals surface area contributed by atoms with Crippen LogP contribution in [0.5, 0.6) is 0 Å². The summed E-state index contributed by atoms with van der Waals surface area (Å²) >= 11 is 0. The topological polar surface area (TPSA) is 79.2 Å². The number of benzene rings is 1. The highest BCUT2D eigenvalue weighted by Gasteiger charge is 2.45. The second-order valence-corrected chi connectivity index (χ2v) is 10.5. The standard InChI is InChI=1S/C29H43NO5/c31-26-20-27(35-21-23-12-8-9-13-24(23)22-10-4-3-5-11-22)25(14-6-1-2-7-15-28(32)33)29(26)30-16-18-34-19-17-30/h1,6,8-9,12-13,22,25-27,29,31H,2-5,7,10-11,14-21H2,(H,32,33)/b6-1-/t25-,26+,27-,29+/m1/s1. The lowest BCUT2D eigenvalue weighted by molar-refractivity contribution is -0.137. The molecule has 1 heterocycles. The average molecular weight is 486 g/mol. The largest absolute Gasteiger partial charge is 0.481 e. The van der Waals surface area contributed by atoms with Crippen LogP contribution in [0.4, 0.5) is 0 Å². The van der Waals surface area contributed by atoms with E-state index in [1.165, 1.54) is 43.2 Å². The molecular weight excluding hydrogens is 442 g/mol. The summed E-state index contributed by atoms with van der Waals surface area (Å²) in [6, 6.07) is 8.83. The molecule has 1 saturated heterocycles. The molecule has 4 atom stereocenters. The lowest BCUT2D eigenvalue weighted by atomic mass is 9.82. The van der Waals surface area contributed by atoms with Crippen LogP contribution in [0.3, 0.4) is 0 Å². The van der Waals surface area contributed by atoms with Gasteiger partial charge in [0.2, 0.25) is 0 Å². The van der Waals surface area contributed by atoms with Gasteiger partial charge in [0.05, 0.1) is 32.0 Å². The third-order valence-corrected chi connectivity index (χ3v) is 8.14. The van der Waals surface area contributed by atoms with Gasteiger partial charge in [0, 0.05) is 37.9 Å². The normalized spacial score (nSPS) is 28.6. The minimum Gasteiger partial charge on any atom is -0.481 e. The number of aliphatic carboxylic acids is 1. The van der Waals surface area contributed by atoms with E-state index in [9.17, 15) is 9.90 Å². The second kappa shape index (κ2) is 13.5. The molecule has 194 valence electrons. The number of ether oxygens (including phenoxy) is 2. The molecule has 35 heavy (non-hydrogen) atoms. The van der Waals surface area contributed by atoms with Gasteiger partial charge >= 0.3 is 5.97 Å². The van der Waals surface area contributed by atoms with E-state index in [1.54, 1.807) is 0 Å². The Labute approximate surface area is 210 Å². The highest BCUT2D eigenvalue weighted by Crippen LogP contribution is 2.38. The first-order valence-electron chi connectivity index (χ1n) is 13.7. The molecule has 2 saturated carbocycles. The van der Waals surface area contributed by atoms with Crippen molar-refractivity contribution in [1.82, 2.24) is 4.90 Å². The number of aliphatic hydroxyl groups excluding tert-OH is 1. The van der Waals surface area contributed by atoms with E-state index < -0.39 is 12.1 Å². The van der Waals surface area contributed by atoms with Gasteiger partial charge in [-0.3, -0.25) is 9.69 Å². The van der Waals surface area contributed by atoms with Crippen LogP contribution in [0.15, 0.2) is 36.4 Å². The van der Waals surface area contributed by atoms with Gasteiger partial charge in [0.1, 0.15) is 0 Å². The summed E-state index contributed by atoms with van der Waals surface area (Å²) in [7, 11) is 0. The van der Waals surface area contributed by atoms with E-state index in [-0.39, 0.29) is 24.5 Å². The molecule has 6 nitrogen and oxygen atoms in total. The maximum atomic E-state index is 11.1. The van der Waals surface area contributed by atoms with Crippen molar-refractivity contribution in [3.8, 4) is 0 Å². The van der Waals surface area contributed by atoms with Crippen LogP contribution in [0.2, 0.25) is 0 Å². The van der Waals surface area contributed by atoms with Gasteiger partial charge in [-0.05, 0) is 49.1 Å². The van der Waals surface area contributed by atoms with E-state index in [1.807, 2.05) is 0 Å². The molecule has 0 spiro atoms. The molecule has 1 aromatic rings. The summed E-state index contributed by atoms with van der Waals surface area (Å²) in [5, 5.41) is 19.9. The van der Waals surface area contributed by atoms with Crippen LogP contribution in [0, 0.1) is 5.92 Å². The van der Waals surface area contributed by atoms with Crippen molar-refractivity contribution in [3.05, 3.63) is 47.5 Å². The number of rotatable bonds is 11. The van der Waals surface area contributed by atoms with E-state index >= 15 is 0 Å². The first-order valence-corrected chi connectivity index (χ1v) is 13.7.